The summed E-state index contributed by atoms with van der Waals surface area (Å²) in [7, 11) is 4.79. The van der Waals surface area contributed by atoms with E-state index in [4.69, 9.17) is 0 Å². The highest BCUT2D eigenvalue weighted by Gasteiger charge is 2.18. The van der Waals surface area contributed by atoms with Gasteiger partial charge in [-0.3, -0.25) is 4.67 Å². The standard InChI is InChI=1S/C13H18NP/c1-4-8-11(5-2)12-9-6-7-10-13(12)14(3)15/h4-9,13H,1-2,10,15H2,3H3/b11-8+. The summed E-state index contributed by atoms with van der Waals surface area (Å²) in [5.41, 5.74) is 2.44. The van der Waals surface area contributed by atoms with Crippen LogP contribution in [0.15, 0.2) is 60.8 Å². The summed E-state index contributed by atoms with van der Waals surface area (Å²) in [5.74, 6) is 0. The van der Waals surface area contributed by atoms with Crippen LogP contribution in [0.3, 0.4) is 0 Å². The smallest absolute Gasteiger partial charge is 0.0417 e. The molecule has 0 spiro atoms. The zero-order valence-corrected chi connectivity index (χ0v) is 10.3. The Bertz CT molecular complexity index is 334. The van der Waals surface area contributed by atoms with Gasteiger partial charge in [-0.1, -0.05) is 59.0 Å². The molecule has 0 aromatic rings. The molecule has 0 N–H and O–H groups in total. The van der Waals surface area contributed by atoms with Gasteiger partial charge in [0.05, 0.1) is 0 Å². The third-order valence-corrected chi connectivity index (χ3v) is 2.83. The quantitative estimate of drug-likeness (QED) is 0.518. The van der Waals surface area contributed by atoms with E-state index >= 15 is 0 Å². The van der Waals surface area contributed by atoms with Crippen LogP contribution in [0.4, 0.5) is 0 Å². The maximum Gasteiger partial charge on any atom is 0.0417 e. The van der Waals surface area contributed by atoms with Gasteiger partial charge in [-0.25, -0.2) is 0 Å². The predicted molar refractivity (Wildman–Crippen MR) is 71.6 cm³/mol. The van der Waals surface area contributed by atoms with E-state index in [1.807, 2.05) is 12.2 Å². The molecule has 80 valence electrons. The minimum Gasteiger partial charge on any atom is -0.283 e. The molecule has 0 amide bonds. The lowest BCUT2D eigenvalue weighted by Crippen LogP contribution is -2.26. The first kappa shape index (κ1) is 12.2. The van der Waals surface area contributed by atoms with Crippen LogP contribution in [0.1, 0.15) is 6.42 Å². The van der Waals surface area contributed by atoms with Gasteiger partial charge in [0.1, 0.15) is 0 Å². The van der Waals surface area contributed by atoms with Gasteiger partial charge in [0.25, 0.3) is 0 Å². The van der Waals surface area contributed by atoms with E-state index in [0.717, 1.165) is 12.0 Å². The molecule has 1 aliphatic carbocycles. The van der Waals surface area contributed by atoms with Crippen LogP contribution in [-0.4, -0.2) is 17.8 Å². The first-order valence-electron chi connectivity index (χ1n) is 5.00. The van der Waals surface area contributed by atoms with Crippen molar-refractivity contribution >= 4 is 9.39 Å². The Morgan fingerprint density at radius 2 is 2.33 bits per heavy atom. The second kappa shape index (κ2) is 5.85. The van der Waals surface area contributed by atoms with Crippen molar-refractivity contribution in [3.63, 3.8) is 0 Å². The van der Waals surface area contributed by atoms with Gasteiger partial charge in [0, 0.05) is 6.04 Å². The minimum absolute atomic E-state index is 0.407. The van der Waals surface area contributed by atoms with Crippen LogP contribution in [0.2, 0.25) is 0 Å². The second-order valence-electron chi connectivity index (χ2n) is 3.53. The van der Waals surface area contributed by atoms with Crippen molar-refractivity contribution in [3.8, 4) is 0 Å². The number of hydrogen-bond donors (Lipinski definition) is 0. The Kier molecular flexibility index (Phi) is 4.74. The highest BCUT2D eigenvalue weighted by atomic mass is 31.0. The average Bonchev–Trinajstić information content (AvgIpc) is 2.26. The van der Waals surface area contributed by atoms with E-state index in [2.05, 4.69) is 52.5 Å². The number of allylic oxidation sites excluding steroid dienone is 5. The van der Waals surface area contributed by atoms with E-state index < -0.39 is 0 Å². The van der Waals surface area contributed by atoms with Gasteiger partial charge in [-0.2, -0.15) is 0 Å². The van der Waals surface area contributed by atoms with Gasteiger partial charge in [0.2, 0.25) is 0 Å². The topological polar surface area (TPSA) is 3.24 Å². The van der Waals surface area contributed by atoms with E-state index in [-0.39, 0.29) is 0 Å². The molecule has 2 unspecified atom stereocenters. The van der Waals surface area contributed by atoms with Crippen LogP contribution < -0.4 is 0 Å². The third kappa shape index (κ3) is 3.02. The lowest BCUT2D eigenvalue weighted by atomic mass is 9.92. The molecule has 1 rings (SSSR count). The maximum absolute atomic E-state index is 3.84. The first-order chi connectivity index (χ1) is 7.20. The van der Waals surface area contributed by atoms with Gasteiger partial charge in [-0.05, 0) is 24.6 Å². The molecule has 1 nitrogen and oxygen atoms in total. The molecule has 0 saturated heterocycles. The van der Waals surface area contributed by atoms with Crippen LogP contribution in [0.25, 0.3) is 0 Å². The molecule has 0 fully saturated rings. The summed E-state index contributed by atoms with van der Waals surface area (Å²) in [6.45, 7) is 7.57. The molecule has 1 aliphatic rings. The van der Waals surface area contributed by atoms with Gasteiger partial charge in [0.15, 0.2) is 0 Å². The van der Waals surface area contributed by atoms with Crippen molar-refractivity contribution < 1.29 is 0 Å². The molecule has 15 heavy (non-hydrogen) atoms. The Balaban J connectivity index is 3.02. The normalized spacial score (nSPS) is 21.4. The summed E-state index contributed by atoms with van der Waals surface area (Å²) >= 11 is 0. The lowest BCUT2D eigenvalue weighted by molar-refractivity contribution is 0.460. The maximum atomic E-state index is 3.84. The lowest BCUT2D eigenvalue weighted by Gasteiger charge is -2.28. The van der Waals surface area contributed by atoms with Gasteiger partial charge >= 0.3 is 0 Å². The van der Waals surface area contributed by atoms with E-state index in [9.17, 15) is 0 Å². The Morgan fingerprint density at radius 1 is 1.60 bits per heavy atom. The van der Waals surface area contributed by atoms with Crippen molar-refractivity contribution in [2.75, 3.05) is 7.05 Å². The van der Waals surface area contributed by atoms with Gasteiger partial charge in [-0.15, -0.1) is 0 Å². The summed E-state index contributed by atoms with van der Waals surface area (Å²) in [6.07, 6.45) is 13.1. The van der Waals surface area contributed by atoms with Crippen molar-refractivity contribution in [3.05, 3.63) is 60.8 Å². The summed E-state index contributed by atoms with van der Waals surface area (Å²) in [5, 5.41) is 0. The largest absolute Gasteiger partial charge is 0.283 e. The fourth-order valence-electron chi connectivity index (χ4n) is 1.70. The van der Waals surface area contributed by atoms with E-state index in [0.29, 0.717) is 6.04 Å². The van der Waals surface area contributed by atoms with Gasteiger partial charge < -0.3 is 0 Å². The molecule has 0 saturated carbocycles. The number of nitrogens with zero attached hydrogens (tertiary/aromatic N) is 1. The second-order valence-corrected chi connectivity index (χ2v) is 4.34. The molecular weight excluding hydrogens is 201 g/mol. The van der Waals surface area contributed by atoms with Crippen LogP contribution >= 0.6 is 9.39 Å². The fourth-order valence-corrected chi connectivity index (χ4v) is 1.98. The van der Waals surface area contributed by atoms with Crippen LogP contribution in [0.5, 0.6) is 0 Å². The third-order valence-electron chi connectivity index (χ3n) is 2.47. The molecule has 0 bridgehead atoms. The zero-order chi connectivity index (χ0) is 11.3. The SMILES string of the molecule is C=C/C=C(\C=C)C1=CC=CCC1N(C)P. The highest BCUT2D eigenvalue weighted by Crippen LogP contribution is 2.27. The predicted octanol–water partition coefficient (Wildman–Crippen LogP) is 3.26. The van der Waals surface area contributed by atoms with Crippen molar-refractivity contribution in [1.82, 2.24) is 4.67 Å². The Morgan fingerprint density at radius 3 is 2.87 bits per heavy atom. The molecule has 0 heterocycles. The van der Waals surface area contributed by atoms with Crippen molar-refractivity contribution in [1.29, 1.82) is 0 Å². The molecule has 2 heteroatoms. The molecular formula is C13H18NP. The Labute approximate surface area is 94.8 Å². The minimum atomic E-state index is 0.407. The number of hydrogen-bond acceptors (Lipinski definition) is 1. The van der Waals surface area contributed by atoms with E-state index in [1.54, 1.807) is 6.08 Å². The molecule has 2 atom stereocenters. The van der Waals surface area contributed by atoms with Crippen molar-refractivity contribution in [2.45, 2.75) is 12.5 Å². The molecule has 0 radical (unpaired) electrons. The number of rotatable bonds is 4. The molecule has 0 aromatic carbocycles. The molecule has 0 aromatic heterocycles. The fraction of sp³-hybridized carbons (Fsp3) is 0.231. The summed E-state index contributed by atoms with van der Waals surface area (Å²) in [4.78, 5) is 0. The monoisotopic (exact) mass is 219 g/mol. The summed E-state index contributed by atoms with van der Waals surface area (Å²) in [6, 6.07) is 0.407. The van der Waals surface area contributed by atoms with Crippen molar-refractivity contribution in [2.24, 2.45) is 0 Å². The zero-order valence-electron chi connectivity index (χ0n) is 9.19. The average molecular weight is 219 g/mol. The van der Waals surface area contributed by atoms with E-state index in [1.165, 1.54) is 5.57 Å². The summed E-state index contributed by atoms with van der Waals surface area (Å²) < 4.78 is 2.15. The number of likely N-dealkylation sites (N-methyl/N-ethyl adjacent to an activating group) is 1. The first-order valence-corrected chi connectivity index (χ1v) is 5.52. The van der Waals surface area contributed by atoms with Crippen LogP contribution in [0, 0.1) is 0 Å². The van der Waals surface area contributed by atoms with Crippen LogP contribution in [-0.2, 0) is 0 Å². The highest BCUT2D eigenvalue weighted by molar-refractivity contribution is 7.13. The molecule has 0 aliphatic heterocycles. The Hall–Kier alpha value is -0.910.